The molecule has 0 amide bonds. The third kappa shape index (κ3) is 8.95. The molecule has 0 aliphatic heterocycles. The predicted octanol–water partition coefficient (Wildman–Crippen LogP) is 2.28. The van der Waals surface area contributed by atoms with E-state index < -0.39 is 18.3 Å². The number of halogens is 3. The van der Waals surface area contributed by atoms with E-state index in [1.807, 2.05) is 6.07 Å². The van der Waals surface area contributed by atoms with Gasteiger partial charge in [-0.05, 0) is 39.3 Å². The molecule has 0 aliphatic carbocycles. The SMILES string of the molecule is CCN(CCCCC(C)(N)C#N)CC(F)(F)F. The van der Waals surface area contributed by atoms with E-state index in [9.17, 15) is 13.2 Å². The topological polar surface area (TPSA) is 53.0 Å². The van der Waals surface area contributed by atoms with Crippen molar-refractivity contribution in [2.75, 3.05) is 19.6 Å². The second-order valence-electron chi connectivity index (χ2n) is 4.47. The van der Waals surface area contributed by atoms with Crippen LogP contribution in [0, 0.1) is 11.3 Å². The second kappa shape index (κ2) is 6.82. The minimum Gasteiger partial charge on any atom is -0.314 e. The standard InChI is InChI=1S/C11H20F3N3/c1-3-17(9-11(12,13)14)7-5-4-6-10(2,16)8-15/h3-7,9,16H2,1-2H3. The van der Waals surface area contributed by atoms with E-state index in [1.54, 1.807) is 13.8 Å². The lowest BCUT2D eigenvalue weighted by Crippen LogP contribution is -2.36. The zero-order valence-corrected chi connectivity index (χ0v) is 10.3. The zero-order valence-electron chi connectivity index (χ0n) is 10.3. The van der Waals surface area contributed by atoms with E-state index in [0.29, 0.717) is 32.4 Å². The van der Waals surface area contributed by atoms with Crippen LogP contribution in [0.4, 0.5) is 13.2 Å². The highest BCUT2D eigenvalue weighted by Crippen LogP contribution is 2.17. The van der Waals surface area contributed by atoms with Crippen molar-refractivity contribution < 1.29 is 13.2 Å². The third-order valence-corrected chi connectivity index (χ3v) is 2.53. The molecule has 3 nitrogen and oxygen atoms in total. The van der Waals surface area contributed by atoms with Gasteiger partial charge in [0.25, 0.3) is 0 Å². The number of nitrogens with zero attached hydrogens (tertiary/aromatic N) is 2. The minimum absolute atomic E-state index is 0.373. The zero-order chi connectivity index (χ0) is 13.5. The van der Waals surface area contributed by atoms with Crippen LogP contribution in [0.3, 0.4) is 0 Å². The molecule has 0 fully saturated rings. The quantitative estimate of drug-likeness (QED) is 0.706. The van der Waals surface area contributed by atoms with Crippen molar-refractivity contribution >= 4 is 0 Å². The number of hydrogen-bond donors (Lipinski definition) is 1. The van der Waals surface area contributed by atoms with Crippen molar-refractivity contribution in [2.24, 2.45) is 5.73 Å². The number of nitriles is 1. The van der Waals surface area contributed by atoms with Crippen LogP contribution in [0.1, 0.15) is 33.1 Å². The highest BCUT2D eigenvalue weighted by atomic mass is 19.4. The van der Waals surface area contributed by atoms with Gasteiger partial charge in [-0.1, -0.05) is 6.92 Å². The molecule has 0 spiro atoms. The van der Waals surface area contributed by atoms with Crippen LogP contribution in [0.15, 0.2) is 0 Å². The second-order valence-corrected chi connectivity index (χ2v) is 4.47. The van der Waals surface area contributed by atoms with Crippen molar-refractivity contribution in [1.29, 1.82) is 5.26 Å². The van der Waals surface area contributed by atoms with E-state index in [4.69, 9.17) is 11.0 Å². The van der Waals surface area contributed by atoms with E-state index >= 15 is 0 Å². The summed E-state index contributed by atoms with van der Waals surface area (Å²) in [6, 6.07) is 1.97. The van der Waals surface area contributed by atoms with Crippen LogP contribution in [-0.2, 0) is 0 Å². The molecule has 100 valence electrons. The summed E-state index contributed by atoms with van der Waals surface area (Å²) in [7, 11) is 0. The van der Waals surface area contributed by atoms with Crippen LogP contribution in [-0.4, -0.2) is 36.2 Å². The van der Waals surface area contributed by atoms with Gasteiger partial charge in [0.15, 0.2) is 0 Å². The predicted molar refractivity (Wildman–Crippen MR) is 60.2 cm³/mol. The maximum Gasteiger partial charge on any atom is 0.401 e. The van der Waals surface area contributed by atoms with Crippen molar-refractivity contribution in [3.05, 3.63) is 0 Å². The summed E-state index contributed by atoms with van der Waals surface area (Å²) < 4.78 is 36.4. The van der Waals surface area contributed by atoms with Gasteiger partial charge in [0.2, 0.25) is 0 Å². The first-order valence-electron chi connectivity index (χ1n) is 5.69. The summed E-state index contributed by atoms with van der Waals surface area (Å²) in [6.45, 7) is 3.21. The maximum atomic E-state index is 12.1. The van der Waals surface area contributed by atoms with Crippen LogP contribution < -0.4 is 5.73 Å². The molecule has 1 unspecified atom stereocenters. The Balaban J connectivity index is 3.83. The average Bonchev–Trinajstić information content (AvgIpc) is 2.21. The molecular formula is C11H20F3N3. The largest absolute Gasteiger partial charge is 0.401 e. The van der Waals surface area contributed by atoms with Crippen LogP contribution in [0.5, 0.6) is 0 Å². The molecule has 0 aliphatic rings. The van der Waals surface area contributed by atoms with E-state index in [-0.39, 0.29) is 0 Å². The normalized spacial score (nSPS) is 15.6. The fourth-order valence-corrected chi connectivity index (χ4v) is 1.49. The Labute approximate surface area is 100 Å². The van der Waals surface area contributed by atoms with E-state index in [0.717, 1.165) is 0 Å². The van der Waals surface area contributed by atoms with Gasteiger partial charge >= 0.3 is 6.18 Å². The molecule has 0 saturated heterocycles. The number of hydrogen-bond acceptors (Lipinski definition) is 3. The Morgan fingerprint density at radius 3 is 2.29 bits per heavy atom. The summed E-state index contributed by atoms with van der Waals surface area (Å²) in [5.41, 5.74) is 4.74. The molecule has 2 N–H and O–H groups in total. The average molecular weight is 251 g/mol. The van der Waals surface area contributed by atoms with Gasteiger partial charge in [0.1, 0.15) is 5.54 Å². The van der Waals surface area contributed by atoms with Gasteiger partial charge in [0, 0.05) is 0 Å². The Bertz CT molecular complexity index is 256. The lowest BCUT2D eigenvalue weighted by atomic mass is 9.98. The molecule has 1 atom stereocenters. The van der Waals surface area contributed by atoms with Crippen molar-refractivity contribution in [3.8, 4) is 6.07 Å². The van der Waals surface area contributed by atoms with Crippen LogP contribution in [0.2, 0.25) is 0 Å². The molecule has 0 rings (SSSR count). The molecular weight excluding hydrogens is 231 g/mol. The van der Waals surface area contributed by atoms with E-state index in [2.05, 4.69) is 0 Å². The summed E-state index contributed by atoms with van der Waals surface area (Å²) >= 11 is 0. The fraction of sp³-hybridized carbons (Fsp3) is 0.909. The summed E-state index contributed by atoms with van der Waals surface area (Å²) in [5.74, 6) is 0. The number of unbranched alkanes of at least 4 members (excludes halogenated alkanes) is 1. The lowest BCUT2D eigenvalue weighted by molar-refractivity contribution is -0.145. The lowest BCUT2D eigenvalue weighted by Gasteiger charge is -2.22. The van der Waals surface area contributed by atoms with Gasteiger partial charge < -0.3 is 5.73 Å². The van der Waals surface area contributed by atoms with Crippen molar-refractivity contribution in [1.82, 2.24) is 4.90 Å². The molecule has 0 bridgehead atoms. The molecule has 6 heteroatoms. The smallest absolute Gasteiger partial charge is 0.314 e. The minimum atomic E-state index is -4.15. The van der Waals surface area contributed by atoms with E-state index in [1.165, 1.54) is 4.90 Å². The molecule has 0 aromatic carbocycles. The van der Waals surface area contributed by atoms with Gasteiger partial charge in [0.05, 0.1) is 12.6 Å². The number of nitrogens with two attached hydrogens (primary N) is 1. The van der Waals surface area contributed by atoms with Gasteiger partial charge in [-0.3, -0.25) is 4.90 Å². The molecule has 0 heterocycles. The van der Waals surface area contributed by atoms with Gasteiger partial charge in [-0.15, -0.1) is 0 Å². The molecule has 0 aromatic rings. The monoisotopic (exact) mass is 251 g/mol. The van der Waals surface area contributed by atoms with Crippen LogP contribution >= 0.6 is 0 Å². The first-order valence-corrected chi connectivity index (χ1v) is 5.69. The molecule has 17 heavy (non-hydrogen) atoms. The first kappa shape index (κ1) is 16.2. The summed E-state index contributed by atoms with van der Waals surface area (Å²) in [5, 5.41) is 8.67. The number of rotatable bonds is 7. The highest BCUT2D eigenvalue weighted by molar-refractivity contribution is 5.00. The molecule has 0 radical (unpaired) electrons. The Morgan fingerprint density at radius 1 is 1.29 bits per heavy atom. The van der Waals surface area contributed by atoms with Crippen molar-refractivity contribution in [3.63, 3.8) is 0 Å². The van der Waals surface area contributed by atoms with Crippen LogP contribution in [0.25, 0.3) is 0 Å². The van der Waals surface area contributed by atoms with Gasteiger partial charge in [-0.2, -0.15) is 18.4 Å². The highest BCUT2D eigenvalue weighted by Gasteiger charge is 2.29. The Hall–Kier alpha value is -0.800. The Morgan fingerprint density at radius 2 is 1.88 bits per heavy atom. The maximum absolute atomic E-state index is 12.1. The molecule has 0 aromatic heterocycles. The summed E-state index contributed by atoms with van der Waals surface area (Å²) in [4.78, 5) is 1.35. The summed E-state index contributed by atoms with van der Waals surface area (Å²) in [6.07, 6.45) is -2.36. The third-order valence-electron chi connectivity index (χ3n) is 2.53. The Kier molecular flexibility index (Phi) is 6.50. The van der Waals surface area contributed by atoms with Gasteiger partial charge in [-0.25, -0.2) is 0 Å². The number of alkyl halides is 3. The first-order chi connectivity index (χ1) is 7.70. The molecule has 0 saturated carbocycles. The fourth-order valence-electron chi connectivity index (χ4n) is 1.49. The van der Waals surface area contributed by atoms with Crippen molar-refractivity contribution in [2.45, 2.75) is 44.8 Å².